The molecule has 7 heteroatoms. The first kappa shape index (κ1) is 13.8. The Kier molecular flexibility index (Phi) is 3.50. The number of H-pyrrole nitrogens is 1. The van der Waals surface area contributed by atoms with E-state index in [1.54, 1.807) is 17.1 Å². The van der Waals surface area contributed by atoms with Crippen molar-refractivity contribution in [2.75, 3.05) is 19.8 Å². The highest BCUT2D eigenvalue weighted by atomic mass is 16.5. The lowest BCUT2D eigenvalue weighted by molar-refractivity contribution is -0.00411. The van der Waals surface area contributed by atoms with Crippen LogP contribution >= 0.6 is 0 Å². The monoisotopic (exact) mass is 289 g/mol. The normalized spacial score (nSPS) is 19.0. The summed E-state index contributed by atoms with van der Waals surface area (Å²) in [5.74, 6) is -0.0112. The number of aromatic nitrogens is 4. The molecule has 0 saturated carbocycles. The fraction of sp³-hybridized carbons (Fsp3) is 0.500. The van der Waals surface area contributed by atoms with Gasteiger partial charge in [0.1, 0.15) is 0 Å². The van der Waals surface area contributed by atoms with Gasteiger partial charge in [-0.25, -0.2) is 0 Å². The average Bonchev–Trinajstić information content (AvgIpc) is 3.03. The summed E-state index contributed by atoms with van der Waals surface area (Å²) in [6.07, 6.45) is 3.53. The van der Waals surface area contributed by atoms with E-state index in [4.69, 9.17) is 4.74 Å². The molecular formula is C14H19N5O2. The number of ether oxygens (including phenoxy) is 1. The lowest BCUT2D eigenvalue weighted by Crippen LogP contribution is -2.44. The highest BCUT2D eigenvalue weighted by Gasteiger charge is 2.32. The number of hydrogen-bond acceptors (Lipinski definition) is 4. The molecule has 0 unspecified atom stereocenters. The van der Waals surface area contributed by atoms with E-state index in [0.29, 0.717) is 25.3 Å². The number of amides is 1. The number of nitrogens with one attached hydrogen (secondary N) is 1. The van der Waals surface area contributed by atoms with Gasteiger partial charge in [-0.1, -0.05) is 0 Å². The van der Waals surface area contributed by atoms with Crippen LogP contribution in [-0.2, 0) is 11.8 Å². The molecule has 1 amide bonds. The number of morpholine rings is 1. The van der Waals surface area contributed by atoms with Crippen LogP contribution in [0.15, 0.2) is 12.4 Å². The van der Waals surface area contributed by atoms with Crippen molar-refractivity contribution in [3.05, 3.63) is 34.9 Å². The Hall–Kier alpha value is -2.15. The summed E-state index contributed by atoms with van der Waals surface area (Å²) < 4.78 is 7.22. The van der Waals surface area contributed by atoms with E-state index >= 15 is 0 Å². The van der Waals surface area contributed by atoms with Gasteiger partial charge < -0.3 is 9.64 Å². The van der Waals surface area contributed by atoms with Gasteiger partial charge in [0.25, 0.3) is 5.91 Å². The van der Waals surface area contributed by atoms with Crippen LogP contribution in [0, 0.1) is 13.8 Å². The van der Waals surface area contributed by atoms with E-state index in [1.807, 2.05) is 25.8 Å². The molecule has 0 spiro atoms. The molecule has 1 aliphatic rings. The van der Waals surface area contributed by atoms with Crippen LogP contribution in [0.5, 0.6) is 0 Å². The first-order valence-electron chi connectivity index (χ1n) is 6.96. The van der Waals surface area contributed by atoms with E-state index in [1.165, 1.54) is 0 Å². The predicted octanol–water partition coefficient (Wildman–Crippen LogP) is 0.974. The minimum atomic E-state index is -0.131. The van der Waals surface area contributed by atoms with Crippen molar-refractivity contribution in [1.29, 1.82) is 0 Å². The molecule has 2 aromatic rings. The van der Waals surface area contributed by atoms with Crippen molar-refractivity contribution >= 4 is 5.91 Å². The number of carbonyl (C=O) groups excluding carboxylic acids is 1. The predicted molar refractivity (Wildman–Crippen MR) is 75.9 cm³/mol. The molecular weight excluding hydrogens is 270 g/mol. The minimum absolute atomic E-state index is 0.0112. The Bertz CT molecular complexity index is 660. The van der Waals surface area contributed by atoms with Crippen molar-refractivity contribution in [1.82, 2.24) is 24.9 Å². The Morgan fingerprint density at radius 3 is 2.90 bits per heavy atom. The molecule has 21 heavy (non-hydrogen) atoms. The standard InChI is InChI=1S/C14H19N5O2/c1-9-6-15-16-13(9)12-8-21-5-4-19(12)14(20)11-7-18(3)17-10(11)2/h6-7,12H,4-5,8H2,1-3H3,(H,15,16)/t12-/m1/s1. The topological polar surface area (TPSA) is 76.0 Å². The number of aryl methyl sites for hydroxylation is 3. The zero-order valence-corrected chi connectivity index (χ0v) is 12.5. The lowest BCUT2D eigenvalue weighted by atomic mass is 10.1. The molecule has 1 N–H and O–H groups in total. The second-order valence-corrected chi connectivity index (χ2v) is 5.36. The zero-order chi connectivity index (χ0) is 15.0. The van der Waals surface area contributed by atoms with Crippen LogP contribution in [0.25, 0.3) is 0 Å². The highest BCUT2D eigenvalue weighted by molar-refractivity contribution is 5.95. The SMILES string of the molecule is Cc1cn[nH]c1[C@H]1COCCN1C(=O)c1cn(C)nc1C. The summed E-state index contributed by atoms with van der Waals surface area (Å²) in [6, 6.07) is -0.131. The van der Waals surface area contributed by atoms with E-state index in [9.17, 15) is 4.79 Å². The summed E-state index contributed by atoms with van der Waals surface area (Å²) in [4.78, 5) is 14.7. The summed E-state index contributed by atoms with van der Waals surface area (Å²) in [5, 5.41) is 11.3. The molecule has 0 bridgehead atoms. The molecule has 3 heterocycles. The van der Waals surface area contributed by atoms with Crippen molar-refractivity contribution in [3.63, 3.8) is 0 Å². The van der Waals surface area contributed by atoms with Crippen molar-refractivity contribution in [2.45, 2.75) is 19.9 Å². The van der Waals surface area contributed by atoms with Gasteiger partial charge in [0.05, 0.1) is 42.4 Å². The second kappa shape index (κ2) is 5.33. The van der Waals surface area contributed by atoms with Crippen LogP contribution in [0.3, 0.4) is 0 Å². The molecule has 3 rings (SSSR count). The van der Waals surface area contributed by atoms with Crippen molar-refractivity contribution in [2.24, 2.45) is 7.05 Å². The third-order valence-corrected chi connectivity index (χ3v) is 3.83. The van der Waals surface area contributed by atoms with Gasteiger partial charge in [-0.2, -0.15) is 10.2 Å². The Labute approximate surface area is 122 Å². The molecule has 112 valence electrons. The number of hydrogen-bond donors (Lipinski definition) is 1. The first-order chi connectivity index (χ1) is 10.1. The fourth-order valence-corrected chi connectivity index (χ4v) is 2.74. The Balaban J connectivity index is 1.93. The average molecular weight is 289 g/mol. The maximum atomic E-state index is 12.8. The minimum Gasteiger partial charge on any atom is -0.377 e. The first-order valence-corrected chi connectivity index (χ1v) is 6.96. The molecule has 0 aliphatic carbocycles. The number of aromatic amines is 1. The summed E-state index contributed by atoms with van der Waals surface area (Å²) in [6.45, 7) is 5.43. The quantitative estimate of drug-likeness (QED) is 0.894. The molecule has 1 atom stereocenters. The van der Waals surface area contributed by atoms with Gasteiger partial charge in [0.2, 0.25) is 0 Å². The molecule has 0 radical (unpaired) electrons. The zero-order valence-electron chi connectivity index (χ0n) is 12.5. The van der Waals surface area contributed by atoms with Crippen LogP contribution in [-0.4, -0.2) is 50.5 Å². The lowest BCUT2D eigenvalue weighted by Gasteiger charge is -2.35. The van der Waals surface area contributed by atoms with Crippen LogP contribution < -0.4 is 0 Å². The molecule has 1 aliphatic heterocycles. The summed E-state index contributed by atoms with van der Waals surface area (Å²) in [5.41, 5.74) is 3.35. The van der Waals surface area contributed by atoms with Gasteiger partial charge in [-0.05, 0) is 19.4 Å². The maximum Gasteiger partial charge on any atom is 0.258 e. The summed E-state index contributed by atoms with van der Waals surface area (Å²) >= 11 is 0. The molecule has 2 aromatic heterocycles. The van der Waals surface area contributed by atoms with E-state index in [-0.39, 0.29) is 11.9 Å². The molecule has 7 nitrogen and oxygen atoms in total. The van der Waals surface area contributed by atoms with Crippen LogP contribution in [0.2, 0.25) is 0 Å². The second-order valence-electron chi connectivity index (χ2n) is 5.36. The highest BCUT2D eigenvalue weighted by Crippen LogP contribution is 2.27. The number of nitrogens with zero attached hydrogens (tertiary/aromatic N) is 4. The third-order valence-electron chi connectivity index (χ3n) is 3.83. The number of carbonyl (C=O) groups is 1. The van der Waals surface area contributed by atoms with Crippen LogP contribution in [0.1, 0.15) is 33.4 Å². The largest absolute Gasteiger partial charge is 0.377 e. The molecule has 1 fully saturated rings. The van der Waals surface area contributed by atoms with Crippen molar-refractivity contribution < 1.29 is 9.53 Å². The fourth-order valence-electron chi connectivity index (χ4n) is 2.74. The van der Waals surface area contributed by atoms with Gasteiger partial charge in [-0.15, -0.1) is 0 Å². The molecule has 0 aromatic carbocycles. The van der Waals surface area contributed by atoms with E-state index < -0.39 is 0 Å². The molecule has 1 saturated heterocycles. The van der Waals surface area contributed by atoms with E-state index in [2.05, 4.69) is 15.3 Å². The van der Waals surface area contributed by atoms with Gasteiger partial charge >= 0.3 is 0 Å². The Morgan fingerprint density at radius 1 is 1.48 bits per heavy atom. The smallest absolute Gasteiger partial charge is 0.258 e. The maximum absolute atomic E-state index is 12.8. The van der Waals surface area contributed by atoms with E-state index in [0.717, 1.165) is 17.0 Å². The van der Waals surface area contributed by atoms with Gasteiger partial charge in [0.15, 0.2) is 0 Å². The van der Waals surface area contributed by atoms with Crippen LogP contribution in [0.4, 0.5) is 0 Å². The Morgan fingerprint density at radius 2 is 2.29 bits per heavy atom. The third kappa shape index (κ3) is 2.44. The number of rotatable bonds is 2. The van der Waals surface area contributed by atoms with Gasteiger partial charge in [-0.3, -0.25) is 14.6 Å². The van der Waals surface area contributed by atoms with Gasteiger partial charge in [0, 0.05) is 19.8 Å². The van der Waals surface area contributed by atoms with Crippen molar-refractivity contribution in [3.8, 4) is 0 Å². The summed E-state index contributed by atoms with van der Waals surface area (Å²) in [7, 11) is 1.82.